The van der Waals surface area contributed by atoms with E-state index in [1.807, 2.05) is 14.1 Å². The van der Waals surface area contributed by atoms with Crippen LogP contribution in [0.3, 0.4) is 0 Å². The maximum atomic E-state index is 13.0. The summed E-state index contributed by atoms with van der Waals surface area (Å²) >= 11 is 1.69. The maximum Gasteiger partial charge on any atom is 0.264 e. The van der Waals surface area contributed by atoms with E-state index >= 15 is 0 Å². The van der Waals surface area contributed by atoms with Crippen molar-refractivity contribution < 1.29 is 0 Å². The lowest BCUT2D eigenvalue weighted by Gasteiger charge is -2.15. The summed E-state index contributed by atoms with van der Waals surface area (Å²) in [5.41, 5.74) is 1.31. The van der Waals surface area contributed by atoms with E-state index in [0.29, 0.717) is 12.5 Å². The monoisotopic (exact) mass is 332 g/mol. The van der Waals surface area contributed by atoms with Gasteiger partial charge in [-0.2, -0.15) is 0 Å². The molecule has 3 rings (SSSR count). The van der Waals surface area contributed by atoms with Gasteiger partial charge in [-0.15, -0.1) is 17.9 Å². The molecule has 0 saturated heterocycles. The number of likely N-dealkylation sites (N-methyl/N-ethyl adjacent to an activating group) is 1. The predicted octanol–water partition coefficient (Wildman–Crippen LogP) is 2.50. The van der Waals surface area contributed by atoms with Gasteiger partial charge in [0.15, 0.2) is 0 Å². The largest absolute Gasteiger partial charge is 0.354 e. The molecule has 0 fully saturated rings. The fraction of sp³-hybridized carbons (Fsp3) is 0.529. The molecule has 0 radical (unpaired) electrons. The molecule has 23 heavy (non-hydrogen) atoms. The van der Waals surface area contributed by atoms with Gasteiger partial charge in [-0.1, -0.05) is 6.08 Å². The van der Waals surface area contributed by atoms with Crippen molar-refractivity contribution in [2.75, 3.05) is 32.5 Å². The second-order valence-electron chi connectivity index (χ2n) is 6.26. The topological polar surface area (TPSA) is 50.2 Å². The summed E-state index contributed by atoms with van der Waals surface area (Å²) in [6.07, 6.45) is 6.23. The predicted molar refractivity (Wildman–Crippen MR) is 97.8 cm³/mol. The van der Waals surface area contributed by atoms with Crippen molar-refractivity contribution in [3.8, 4) is 0 Å². The lowest BCUT2D eigenvalue weighted by atomic mass is 9.97. The summed E-state index contributed by atoms with van der Waals surface area (Å²) < 4.78 is 1.71. The van der Waals surface area contributed by atoms with Crippen molar-refractivity contribution in [3.05, 3.63) is 33.4 Å². The van der Waals surface area contributed by atoms with Crippen molar-refractivity contribution in [2.24, 2.45) is 0 Å². The minimum Gasteiger partial charge on any atom is -0.354 e. The summed E-state index contributed by atoms with van der Waals surface area (Å²) in [6.45, 7) is 5.91. The van der Waals surface area contributed by atoms with Crippen LogP contribution in [0.5, 0.6) is 0 Å². The SMILES string of the molecule is C=CCn1c(NCCN(C)C)nc2sc3c(c2c1=O)CCCC3. The quantitative estimate of drug-likeness (QED) is 0.826. The van der Waals surface area contributed by atoms with Crippen LogP contribution < -0.4 is 10.9 Å². The highest BCUT2D eigenvalue weighted by atomic mass is 32.1. The zero-order valence-electron chi connectivity index (χ0n) is 13.9. The minimum atomic E-state index is 0.0710. The van der Waals surface area contributed by atoms with E-state index in [0.717, 1.165) is 36.1 Å². The highest BCUT2D eigenvalue weighted by molar-refractivity contribution is 7.18. The average molecular weight is 332 g/mol. The van der Waals surface area contributed by atoms with Gasteiger partial charge in [0.2, 0.25) is 5.95 Å². The zero-order chi connectivity index (χ0) is 16.4. The van der Waals surface area contributed by atoms with E-state index in [2.05, 4.69) is 16.8 Å². The molecule has 124 valence electrons. The third-order valence-corrected chi connectivity index (χ3v) is 5.41. The van der Waals surface area contributed by atoms with Gasteiger partial charge in [-0.3, -0.25) is 9.36 Å². The molecule has 6 heteroatoms. The molecular formula is C17H24N4OS. The fourth-order valence-corrected chi connectivity index (χ4v) is 4.32. The first-order valence-electron chi connectivity index (χ1n) is 8.16. The molecule has 2 aromatic rings. The number of rotatable bonds is 6. The van der Waals surface area contributed by atoms with Crippen LogP contribution in [0.4, 0.5) is 5.95 Å². The smallest absolute Gasteiger partial charge is 0.264 e. The van der Waals surface area contributed by atoms with Crippen LogP contribution in [-0.2, 0) is 19.4 Å². The number of hydrogen-bond acceptors (Lipinski definition) is 5. The average Bonchev–Trinajstić information content (AvgIpc) is 2.89. The van der Waals surface area contributed by atoms with Crippen molar-refractivity contribution in [1.82, 2.24) is 14.5 Å². The Morgan fingerprint density at radius 1 is 1.39 bits per heavy atom. The van der Waals surface area contributed by atoms with Gasteiger partial charge in [-0.05, 0) is 45.3 Å². The summed E-state index contributed by atoms with van der Waals surface area (Å²) in [5.74, 6) is 0.655. The van der Waals surface area contributed by atoms with Crippen LogP contribution >= 0.6 is 11.3 Å². The Labute approximate surface area is 140 Å². The Bertz CT molecular complexity index is 775. The molecule has 5 nitrogen and oxygen atoms in total. The highest BCUT2D eigenvalue weighted by Gasteiger charge is 2.21. The van der Waals surface area contributed by atoms with Gasteiger partial charge < -0.3 is 10.2 Å². The number of aromatic nitrogens is 2. The Balaban J connectivity index is 2.06. The van der Waals surface area contributed by atoms with Crippen LogP contribution in [-0.4, -0.2) is 41.6 Å². The number of aryl methyl sites for hydroxylation is 2. The van der Waals surface area contributed by atoms with Gasteiger partial charge in [0.1, 0.15) is 4.83 Å². The minimum absolute atomic E-state index is 0.0710. The number of nitrogens with one attached hydrogen (secondary N) is 1. The van der Waals surface area contributed by atoms with E-state index in [1.54, 1.807) is 22.0 Å². The second-order valence-corrected chi connectivity index (χ2v) is 7.34. The molecule has 2 aromatic heterocycles. The maximum absolute atomic E-state index is 13.0. The fourth-order valence-electron chi connectivity index (χ4n) is 3.06. The normalized spacial score (nSPS) is 14.2. The second kappa shape index (κ2) is 6.84. The molecule has 0 bridgehead atoms. The van der Waals surface area contributed by atoms with E-state index in [-0.39, 0.29) is 5.56 Å². The third-order valence-electron chi connectivity index (χ3n) is 4.23. The molecule has 2 heterocycles. The number of nitrogens with zero attached hydrogens (tertiary/aromatic N) is 3. The van der Waals surface area contributed by atoms with Crippen LogP contribution in [0.25, 0.3) is 10.2 Å². The molecule has 0 atom stereocenters. The molecule has 0 spiro atoms. The van der Waals surface area contributed by atoms with Crippen LogP contribution in [0.2, 0.25) is 0 Å². The van der Waals surface area contributed by atoms with Gasteiger partial charge in [0.05, 0.1) is 5.39 Å². The molecule has 1 aliphatic carbocycles. The Kier molecular flexibility index (Phi) is 4.82. The van der Waals surface area contributed by atoms with Gasteiger partial charge >= 0.3 is 0 Å². The number of hydrogen-bond donors (Lipinski definition) is 1. The van der Waals surface area contributed by atoms with E-state index in [1.165, 1.54) is 23.3 Å². The molecular weight excluding hydrogens is 308 g/mol. The van der Waals surface area contributed by atoms with E-state index in [4.69, 9.17) is 4.98 Å². The lowest BCUT2D eigenvalue weighted by molar-refractivity contribution is 0.424. The van der Waals surface area contributed by atoms with Gasteiger partial charge in [-0.25, -0.2) is 4.98 Å². The number of allylic oxidation sites excluding steroid dienone is 1. The summed E-state index contributed by atoms with van der Waals surface area (Å²) in [5, 5.41) is 4.15. The van der Waals surface area contributed by atoms with Gasteiger partial charge in [0, 0.05) is 24.5 Å². The van der Waals surface area contributed by atoms with Crippen LogP contribution in [0.1, 0.15) is 23.3 Å². The first-order chi connectivity index (χ1) is 11.1. The van der Waals surface area contributed by atoms with Crippen molar-refractivity contribution >= 4 is 27.5 Å². The third kappa shape index (κ3) is 3.19. The zero-order valence-corrected chi connectivity index (χ0v) is 14.7. The summed E-state index contributed by atoms with van der Waals surface area (Å²) in [7, 11) is 4.06. The first kappa shape index (κ1) is 16.2. The molecule has 0 aliphatic heterocycles. The Morgan fingerprint density at radius 3 is 2.91 bits per heavy atom. The number of anilines is 1. The Morgan fingerprint density at radius 2 is 2.17 bits per heavy atom. The molecule has 0 saturated carbocycles. The van der Waals surface area contributed by atoms with E-state index < -0.39 is 0 Å². The van der Waals surface area contributed by atoms with Crippen LogP contribution in [0, 0.1) is 0 Å². The van der Waals surface area contributed by atoms with Crippen molar-refractivity contribution in [2.45, 2.75) is 32.2 Å². The van der Waals surface area contributed by atoms with Crippen molar-refractivity contribution in [3.63, 3.8) is 0 Å². The molecule has 0 unspecified atom stereocenters. The highest BCUT2D eigenvalue weighted by Crippen LogP contribution is 2.34. The van der Waals surface area contributed by atoms with E-state index in [9.17, 15) is 4.79 Å². The number of thiophene rings is 1. The van der Waals surface area contributed by atoms with Gasteiger partial charge in [0.25, 0.3) is 5.56 Å². The first-order valence-corrected chi connectivity index (χ1v) is 8.98. The summed E-state index contributed by atoms with van der Waals surface area (Å²) in [4.78, 5) is 22.1. The molecule has 1 aliphatic rings. The lowest BCUT2D eigenvalue weighted by Crippen LogP contribution is -2.28. The van der Waals surface area contributed by atoms with Crippen LogP contribution in [0.15, 0.2) is 17.4 Å². The van der Waals surface area contributed by atoms with Crippen molar-refractivity contribution in [1.29, 1.82) is 0 Å². The molecule has 1 N–H and O–H groups in total. The number of fused-ring (bicyclic) bond motifs is 3. The summed E-state index contributed by atoms with van der Waals surface area (Å²) in [6, 6.07) is 0. The molecule has 0 aromatic carbocycles. The Hall–Kier alpha value is -1.66. The standard InChI is InChI=1S/C17H24N4OS/c1-4-10-21-16(22)14-12-7-5-6-8-13(12)23-15(14)19-17(21)18-9-11-20(2)3/h4H,1,5-11H2,2-3H3,(H,18,19). The molecule has 0 amide bonds.